The third-order valence-electron chi connectivity index (χ3n) is 5.64. The van der Waals surface area contributed by atoms with Gasteiger partial charge in [0, 0.05) is 6.42 Å². The van der Waals surface area contributed by atoms with Crippen LogP contribution in [-0.2, 0) is 22.5 Å². The van der Waals surface area contributed by atoms with E-state index in [1.165, 1.54) is 0 Å². The number of amides is 1. The molecule has 2 aliphatic heterocycles. The van der Waals surface area contributed by atoms with Gasteiger partial charge in [0.1, 0.15) is 6.61 Å². The highest BCUT2D eigenvalue weighted by Crippen LogP contribution is 2.37. The lowest BCUT2D eigenvalue weighted by molar-refractivity contribution is -0.132. The third kappa shape index (κ3) is 4.42. The molecule has 2 aromatic rings. The van der Waals surface area contributed by atoms with E-state index in [0.717, 1.165) is 11.1 Å². The third-order valence-corrected chi connectivity index (χ3v) is 5.64. The SMILES string of the molecule is N#Cc1cccc(CC2(O)CC3COCC(C2)N3C(=O)OCc2ccccc2)c1. The molecule has 0 saturated carbocycles. The fourth-order valence-electron chi connectivity index (χ4n) is 4.44. The summed E-state index contributed by atoms with van der Waals surface area (Å²) < 4.78 is 11.2. The zero-order valence-corrected chi connectivity index (χ0v) is 16.2. The first-order valence-electron chi connectivity index (χ1n) is 9.84. The molecule has 2 saturated heterocycles. The van der Waals surface area contributed by atoms with E-state index in [4.69, 9.17) is 14.7 Å². The van der Waals surface area contributed by atoms with Crippen molar-refractivity contribution in [2.45, 2.75) is 43.6 Å². The van der Waals surface area contributed by atoms with Gasteiger partial charge in [-0.3, -0.25) is 4.90 Å². The maximum absolute atomic E-state index is 12.8. The minimum absolute atomic E-state index is 0.224. The average molecular weight is 392 g/mol. The van der Waals surface area contributed by atoms with E-state index in [2.05, 4.69) is 6.07 Å². The van der Waals surface area contributed by atoms with E-state index in [1.54, 1.807) is 11.0 Å². The van der Waals surface area contributed by atoms with Gasteiger partial charge in [0.25, 0.3) is 0 Å². The standard InChI is InChI=1S/C23H24N2O4/c24-13-19-8-4-7-18(9-19)10-23(27)11-20-15-28-16-21(12-23)25(20)22(26)29-14-17-5-2-1-3-6-17/h1-9,20-21,27H,10-12,14-16H2. The molecule has 6 heteroatoms. The highest BCUT2D eigenvalue weighted by Gasteiger charge is 2.48. The van der Waals surface area contributed by atoms with Crippen LogP contribution in [0.1, 0.15) is 29.5 Å². The smallest absolute Gasteiger partial charge is 0.410 e. The van der Waals surface area contributed by atoms with Crippen molar-refractivity contribution in [1.82, 2.24) is 4.90 Å². The summed E-state index contributed by atoms with van der Waals surface area (Å²) in [6, 6.07) is 18.6. The number of hydrogen-bond donors (Lipinski definition) is 1. The number of nitriles is 1. The summed E-state index contributed by atoms with van der Waals surface area (Å²) in [6.45, 7) is 0.997. The molecular weight excluding hydrogens is 368 g/mol. The Kier molecular flexibility index (Phi) is 5.52. The van der Waals surface area contributed by atoms with Gasteiger partial charge in [0.15, 0.2) is 0 Å². The van der Waals surface area contributed by atoms with E-state index < -0.39 is 5.60 Å². The molecule has 2 aliphatic rings. The number of hydrogen-bond acceptors (Lipinski definition) is 5. The van der Waals surface area contributed by atoms with Crippen molar-refractivity contribution in [3.05, 3.63) is 71.3 Å². The number of aliphatic hydroxyl groups is 1. The Labute approximate surface area is 170 Å². The zero-order chi connectivity index (χ0) is 20.3. The number of ether oxygens (including phenoxy) is 2. The topological polar surface area (TPSA) is 82.8 Å². The number of carbonyl (C=O) groups excluding carboxylic acids is 1. The monoisotopic (exact) mass is 392 g/mol. The molecule has 2 unspecified atom stereocenters. The van der Waals surface area contributed by atoms with Gasteiger partial charge in [-0.2, -0.15) is 5.26 Å². The van der Waals surface area contributed by atoms with Crippen molar-refractivity contribution < 1.29 is 19.4 Å². The van der Waals surface area contributed by atoms with Crippen LogP contribution in [0.3, 0.4) is 0 Å². The minimum Gasteiger partial charge on any atom is -0.445 e. The molecule has 0 aliphatic carbocycles. The molecule has 2 bridgehead atoms. The Balaban J connectivity index is 1.44. The second-order valence-corrected chi connectivity index (χ2v) is 7.91. The van der Waals surface area contributed by atoms with Crippen LogP contribution in [0.2, 0.25) is 0 Å². The first-order valence-corrected chi connectivity index (χ1v) is 9.84. The van der Waals surface area contributed by atoms with Crippen molar-refractivity contribution >= 4 is 6.09 Å². The van der Waals surface area contributed by atoms with Gasteiger partial charge >= 0.3 is 6.09 Å². The van der Waals surface area contributed by atoms with Crippen molar-refractivity contribution in [2.24, 2.45) is 0 Å². The van der Waals surface area contributed by atoms with E-state index in [1.807, 2.05) is 48.5 Å². The van der Waals surface area contributed by atoms with Crippen LogP contribution >= 0.6 is 0 Å². The lowest BCUT2D eigenvalue weighted by atomic mass is 9.77. The van der Waals surface area contributed by atoms with Crippen molar-refractivity contribution in [1.29, 1.82) is 5.26 Å². The summed E-state index contributed by atoms with van der Waals surface area (Å²) in [7, 11) is 0. The fraction of sp³-hybridized carbons (Fsp3) is 0.391. The van der Waals surface area contributed by atoms with Crippen molar-refractivity contribution in [3.8, 4) is 6.07 Å². The molecule has 2 atom stereocenters. The van der Waals surface area contributed by atoms with E-state index in [-0.39, 0.29) is 24.8 Å². The van der Waals surface area contributed by atoms with Gasteiger partial charge in [-0.05, 0) is 36.1 Å². The summed E-state index contributed by atoms with van der Waals surface area (Å²) in [5, 5.41) is 20.4. The summed E-state index contributed by atoms with van der Waals surface area (Å²) in [5.41, 5.74) is 1.50. The Morgan fingerprint density at radius 2 is 1.83 bits per heavy atom. The molecule has 0 radical (unpaired) electrons. The van der Waals surface area contributed by atoms with Gasteiger partial charge in [-0.15, -0.1) is 0 Å². The van der Waals surface area contributed by atoms with Crippen LogP contribution < -0.4 is 0 Å². The summed E-state index contributed by atoms with van der Waals surface area (Å²) in [5.74, 6) is 0. The fourth-order valence-corrected chi connectivity index (χ4v) is 4.44. The quantitative estimate of drug-likeness (QED) is 0.865. The molecule has 2 heterocycles. The number of benzene rings is 2. The Hall–Kier alpha value is -2.88. The maximum atomic E-state index is 12.8. The first-order chi connectivity index (χ1) is 14.1. The zero-order valence-electron chi connectivity index (χ0n) is 16.2. The van der Waals surface area contributed by atoms with Gasteiger partial charge in [0.2, 0.25) is 0 Å². The highest BCUT2D eigenvalue weighted by atomic mass is 16.6. The number of rotatable bonds is 4. The second-order valence-electron chi connectivity index (χ2n) is 7.91. The Morgan fingerprint density at radius 1 is 1.14 bits per heavy atom. The van der Waals surface area contributed by atoms with Crippen LogP contribution in [0.25, 0.3) is 0 Å². The lowest BCUT2D eigenvalue weighted by Gasteiger charge is -2.51. The summed E-state index contributed by atoms with van der Waals surface area (Å²) in [6.07, 6.45) is 0.921. The second kappa shape index (κ2) is 8.24. The highest BCUT2D eigenvalue weighted by molar-refractivity contribution is 5.69. The molecule has 1 amide bonds. The summed E-state index contributed by atoms with van der Waals surface area (Å²) >= 11 is 0. The number of nitrogens with zero attached hydrogens (tertiary/aromatic N) is 2. The normalized spacial score (nSPS) is 25.9. The van der Waals surface area contributed by atoms with Crippen LogP contribution in [0, 0.1) is 11.3 Å². The lowest BCUT2D eigenvalue weighted by Crippen LogP contribution is -2.64. The molecule has 0 spiro atoms. The molecule has 6 nitrogen and oxygen atoms in total. The molecular formula is C23H24N2O4. The van der Waals surface area contributed by atoms with Gasteiger partial charge in [0.05, 0.1) is 42.5 Å². The summed E-state index contributed by atoms with van der Waals surface area (Å²) in [4.78, 5) is 14.5. The van der Waals surface area contributed by atoms with E-state index in [9.17, 15) is 9.90 Å². The average Bonchev–Trinajstić information content (AvgIpc) is 2.72. The minimum atomic E-state index is -0.941. The first kappa shape index (κ1) is 19.4. The Bertz CT molecular complexity index is 895. The van der Waals surface area contributed by atoms with Crippen molar-refractivity contribution in [3.63, 3.8) is 0 Å². The van der Waals surface area contributed by atoms with Crippen molar-refractivity contribution in [2.75, 3.05) is 13.2 Å². The predicted octanol–water partition coefficient (Wildman–Crippen LogP) is 3.03. The van der Waals surface area contributed by atoms with Crippen LogP contribution in [0.15, 0.2) is 54.6 Å². The molecule has 0 aromatic heterocycles. The molecule has 29 heavy (non-hydrogen) atoms. The molecule has 2 aromatic carbocycles. The number of morpholine rings is 1. The maximum Gasteiger partial charge on any atom is 0.410 e. The van der Waals surface area contributed by atoms with Crippen LogP contribution in [0.5, 0.6) is 0 Å². The van der Waals surface area contributed by atoms with Gasteiger partial charge in [-0.25, -0.2) is 4.79 Å². The Morgan fingerprint density at radius 3 is 2.52 bits per heavy atom. The van der Waals surface area contributed by atoms with Gasteiger partial charge < -0.3 is 14.6 Å². The number of carbonyl (C=O) groups is 1. The molecule has 2 fully saturated rings. The molecule has 4 rings (SSSR count). The van der Waals surface area contributed by atoms with Crippen LogP contribution in [-0.4, -0.2) is 47.0 Å². The van der Waals surface area contributed by atoms with E-state index >= 15 is 0 Å². The molecule has 150 valence electrons. The van der Waals surface area contributed by atoms with Crippen LogP contribution in [0.4, 0.5) is 4.79 Å². The molecule has 1 N–H and O–H groups in total. The van der Waals surface area contributed by atoms with E-state index in [0.29, 0.717) is 38.0 Å². The van der Waals surface area contributed by atoms with Gasteiger partial charge in [-0.1, -0.05) is 42.5 Å². The number of piperidine rings is 1. The largest absolute Gasteiger partial charge is 0.445 e. The predicted molar refractivity (Wildman–Crippen MR) is 106 cm³/mol. The number of fused-ring (bicyclic) bond motifs is 2.